The maximum absolute atomic E-state index is 12.8. The van der Waals surface area contributed by atoms with Gasteiger partial charge in [0.1, 0.15) is 17.2 Å². The van der Waals surface area contributed by atoms with E-state index in [4.69, 9.17) is 23.7 Å². The molecule has 0 saturated carbocycles. The first-order chi connectivity index (χ1) is 26.3. The third-order valence-corrected chi connectivity index (χ3v) is 9.01. The molecule has 306 valence electrons. The van der Waals surface area contributed by atoms with Gasteiger partial charge in [-0.1, -0.05) is 90.5 Å². The van der Waals surface area contributed by atoms with Crippen LogP contribution in [0.2, 0.25) is 0 Å². The third kappa shape index (κ3) is 17.8. The van der Waals surface area contributed by atoms with Crippen LogP contribution in [0.3, 0.4) is 0 Å². The van der Waals surface area contributed by atoms with Crippen LogP contribution in [0.25, 0.3) is 0 Å². The molecule has 56 heavy (non-hydrogen) atoms. The smallest absolute Gasteiger partial charge is 0.408 e. The molecule has 0 bridgehead atoms. The fourth-order valence-corrected chi connectivity index (χ4v) is 6.16. The molecule has 13 heteroatoms. The number of hydrogen-bond donors (Lipinski definition) is 2. The summed E-state index contributed by atoms with van der Waals surface area (Å²) >= 11 is 0. The lowest BCUT2D eigenvalue weighted by Crippen LogP contribution is -2.52. The summed E-state index contributed by atoms with van der Waals surface area (Å²) < 4.78 is 55.3. The Morgan fingerprint density at radius 3 is 1.54 bits per heavy atom. The molecular weight excluding hydrogens is 737 g/mol. The predicted octanol–water partition coefficient (Wildman–Crippen LogP) is 7.36. The average Bonchev–Trinajstić information content (AvgIpc) is 3.13. The molecule has 0 aliphatic rings. The first-order valence-electron chi connectivity index (χ1n) is 18.2. The molecule has 0 radical (unpaired) electrons. The highest BCUT2D eigenvalue weighted by Gasteiger charge is 2.36. The van der Waals surface area contributed by atoms with Crippen LogP contribution in [-0.2, 0) is 56.5 Å². The lowest BCUT2D eigenvalue weighted by atomic mass is 10.1. The Kier molecular flexibility index (Phi) is 19.2. The Labute approximate surface area is 332 Å². The van der Waals surface area contributed by atoms with Crippen molar-refractivity contribution in [3.05, 3.63) is 127 Å². The Bertz CT molecular complexity index is 1790. The van der Waals surface area contributed by atoms with E-state index in [-0.39, 0.29) is 24.5 Å². The molecule has 12 nitrogen and oxygen atoms in total. The Balaban J connectivity index is 0.000000387. The highest BCUT2D eigenvalue weighted by molar-refractivity contribution is 7.89. The lowest BCUT2D eigenvalue weighted by molar-refractivity contribution is -0.162. The minimum absolute atomic E-state index is 0.0624. The van der Waals surface area contributed by atoms with Crippen molar-refractivity contribution in [3.8, 4) is 0 Å². The molecule has 0 aromatic heterocycles. The van der Waals surface area contributed by atoms with Gasteiger partial charge in [-0.05, 0) is 84.6 Å². The van der Waals surface area contributed by atoms with Crippen molar-refractivity contribution in [2.24, 2.45) is 0 Å². The summed E-state index contributed by atoms with van der Waals surface area (Å²) in [5.74, 6) is -1.31. The van der Waals surface area contributed by atoms with E-state index >= 15 is 0 Å². The Morgan fingerprint density at radius 1 is 0.679 bits per heavy atom. The van der Waals surface area contributed by atoms with Gasteiger partial charge < -0.3 is 29.0 Å². The maximum Gasteiger partial charge on any atom is 0.408 e. The van der Waals surface area contributed by atoms with E-state index in [0.717, 1.165) is 16.7 Å². The highest BCUT2D eigenvalue weighted by Crippen LogP contribution is 2.18. The molecule has 2 N–H and O–H groups in total. The number of aryl methyl sites for hydroxylation is 1. The molecule has 0 aliphatic carbocycles. The standard InChI is InChI=1S/C22H33NO5.C21H25NO5S/c1-8-12-17(26-15-16-13-10-9-11-14-16)18(19(24)27-21(2,3)4)23-20(25)28-22(5,6)7;1-4-8-19(27-15-17-9-6-5-7-10-17)20(21(23)26-3)22-28(24,25)18-13-11-16(2)12-14-18/h8-11,13-14,17-18H,1,12,15H2,2-7H3,(H,23,25);4-7,9-14,19-20,22H,1,8,15H2,2-3H3/t17-,18-;19-,20-/m00/s1. The number of rotatable bonds is 18. The van der Waals surface area contributed by atoms with Crippen molar-refractivity contribution < 1.29 is 46.5 Å². The van der Waals surface area contributed by atoms with Crippen molar-refractivity contribution in [2.75, 3.05) is 7.11 Å². The summed E-state index contributed by atoms with van der Waals surface area (Å²) in [6.07, 6.45) is 1.71. The largest absolute Gasteiger partial charge is 0.468 e. The van der Waals surface area contributed by atoms with Gasteiger partial charge in [0.15, 0.2) is 6.04 Å². The van der Waals surface area contributed by atoms with Gasteiger partial charge in [0.25, 0.3) is 0 Å². The number of carbonyl (C=O) groups excluding carboxylic acids is 3. The second-order valence-corrected chi connectivity index (χ2v) is 16.5. The number of amides is 1. The lowest BCUT2D eigenvalue weighted by Gasteiger charge is -2.30. The summed E-state index contributed by atoms with van der Waals surface area (Å²) in [6, 6.07) is 23.1. The highest BCUT2D eigenvalue weighted by atomic mass is 32.2. The van der Waals surface area contributed by atoms with Crippen LogP contribution >= 0.6 is 0 Å². The molecule has 3 aromatic rings. The molecule has 3 aromatic carbocycles. The van der Waals surface area contributed by atoms with Crippen LogP contribution in [0.15, 0.2) is 115 Å². The quantitative estimate of drug-likeness (QED) is 0.0758. The van der Waals surface area contributed by atoms with E-state index < -0.39 is 63.5 Å². The van der Waals surface area contributed by atoms with E-state index in [1.165, 1.54) is 19.2 Å². The summed E-state index contributed by atoms with van der Waals surface area (Å²) in [4.78, 5) is 37.5. The van der Waals surface area contributed by atoms with E-state index in [0.29, 0.717) is 6.42 Å². The number of methoxy groups -OCH3 is 1. The monoisotopic (exact) mass is 794 g/mol. The number of nitrogens with one attached hydrogen (secondary N) is 2. The van der Waals surface area contributed by atoms with Crippen LogP contribution in [0, 0.1) is 6.92 Å². The summed E-state index contributed by atoms with van der Waals surface area (Å²) in [6.45, 7) is 20.3. The zero-order valence-corrected chi connectivity index (χ0v) is 34.6. The van der Waals surface area contributed by atoms with Crippen molar-refractivity contribution in [1.82, 2.24) is 10.0 Å². The summed E-state index contributed by atoms with van der Waals surface area (Å²) in [5, 5.41) is 2.61. The number of benzene rings is 3. The first kappa shape index (κ1) is 47.3. The number of ether oxygens (including phenoxy) is 5. The van der Waals surface area contributed by atoms with Crippen molar-refractivity contribution in [1.29, 1.82) is 0 Å². The summed E-state index contributed by atoms with van der Waals surface area (Å²) in [5.41, 5.74) is 1.39. The van der Waals surface area contributed by atoms with Gasteiger partial charge in [-0.2, -0.15) is 4.72 Å². The second kappa shape index (κ2) is 22.7. The van der Waals surface area contributed by atoms with Crippen molar-refractivity contribution in [2.45, 2.75) is 115 Å². The second-order valence-electron chi connectivity index (χ2n) is 14.8. The average molecular weight is 795 g/mol. The third-order valence-electron chi connectivity index (χ3n) is 7.56. The van der Waals surface area contributed by atoms with Crippen LogP contribution in [0.1, 0.15) is 71.1 Å². The SMILES string of the molecule is C=CC[C@H](OCc1ccccc1)[C@H](NC(=O)OC(C)(C)C)C(=O)OC(C)(C)C.C=CC[C@H](OCc1ccccc1)[C@H](NS(=O)(=O)c1ccc(C)cc1)C(=O)OC. The normalized spacial score (nSPS) is 13.7. The van der Waals surface area contributed by atoms with Gasteiger partial charge in [-0.15, -0.1) is 13.2 Å². The maximum atomic E-state index is 12.8. The number of sulfonamides is 1. The van der Waals surface area contributed by atoms with E-state index in [2.05, 4.69) is 23.2 Å². The van der Waals surface area contributed by atoms with E-state index in [1.807, 2.05) is 67.6 Å². The molecule has 0 aliphatic heterocycles. The van der Waals surface area contributed by atoms with Crippen LogP contribution in [-0.4, -0.2) is 69.1 Å². The van der Waals surface area contributed by atoms with Gasteiger partial charge in [0, 0.05) is 0 Å². The van der Waals surface area contributed by atoms with Gasteiger partial charge in [0.05, 0.1) is 37.4 Å². The first-order valence-corrected chi connectivity index (χ1v) is 19.7. The minimum Gasteiger partial charge on any atom is -0.468 e. The topological polar surface area (TPSA) is 156 Å². The molecule has 4 atom stereocenters. The number of alkyl carbamates (subject to hydrolysis) is 1. The molecule has 1 amide bonds. The predicted molar refractivity (Wildman–Crippen MR) is 216 cm³/mol. The van der Waals surface area contributed by atoms with Crippen molar-refractivity contribution in [3.63, 3.8) is 0 Å². The zero-order chi connectivity index (χ0) is 41.9. The van der Waals surface area contributed by atoms with Gasteiger partial charge in [-0.25, -0.2) is 18.0 Å². The number of esters is 2. The van der Waals surface area contributed by atoms with Gasteiger partial charge in [0.2, 0.25) is 10.0 Å². The molecular formula is C43H58N2O10S. The Morgan fingerprint density at radius 2 is 1.12 bits per heavy atom. The van der Waals surface area contributed by atoms with Gasteiger partial charge in [-0.3, -0.25) is 4.79 Å². The molecule has 0 heterocycles. The van der Waals surface area contributed by atoms with Crippen LogP contribution in [0.4, 0.5) is 4.79 Å². The van der Waals surface area contributed by atoms with Gasteiger partial charge >= 0.3 is 18.0 Å². The van der Waals surface area contributed by atoms with E-state index in [1.54, 1.807) is 65.8 Å². The van der Waals surface area contributed by atoms with Crippen LogP contribution < -0.4 is 10.0 Å². The fraction of sp³-hybridized carbons (Fsp3) is 0.419. The zero-order valence-electron chi connectivity index (χ0n) is 33.8. The van der Waals surface area contributed by atoms with E-state index in [9.17, 15) is 22.8 Å². The molecule has 3 rings (SSSR count). The molecule has 0 saturated heterocycles. The van der Waals surface area contributed by atoms with Crippen LogP contribution in [0.5, 0.6) is 0 Å². The number of hydrogen-bond acceptors (Lipinski definition) is 10. The molecule has 0 unspecified atom stereocenters. The fourth-order valence-electron chi connectivity index (χ4n) is 4.94. The van der Waals surface area contributed by atoms with Crippen molar-refractivity contribution >= 4 is 28.1 Å². The summed E-state index contributed by atoms with van der Waals surface area (Å²) in [7, 11) is -2.74. The number of carbonyl (C=O) groups is 3. The Hall–Kier alpha value is -4.82. The molecule has 0 fully saturated rings. The minimum atomic E-state index is -3.94. The molecule has 0 spiro atoms.